The smallest absolute Gasteiger partial charge is 0.407 e. The molecule has 2 saturated heterocycles. The number of imide groups is 1. The summed E-state index contributed by atoms with van der Waals surface area (Å²) < 4.78 is 8.47. The second-order valence-electron chi connectivity index (χ2n) is 11.1. The topological polar surface area (TPSA) is 115 Å². The van der Waals surface area contributed by atoms with Gasteiger partial charge in [0.1, 0.15) is 11.6 Å². The molecule has 1 atom stereocenters. The van der Waals surface area contributed by atoms with E-state index in [1.165, 1.54) is 0 Å². The Kier molecular flexibility index (Phi) is 8.06. The molecule has 2 aromatic rings. The van der Waals surface area contributed by atoms with Crippen LogP contribution in [0.1, 0.15) is 76.8 Å². The Morgan fingerprint density at radius 2 is 1.84 bits per heavy atom. The Morgan fingerprint density at radius 1 is 1.11 bits per heavy atom. The van der Waals surface area contributed by atoms with E-state index in [9.17, 15) is 19.2 Å². The summed E-state index contributed by atoms with van der Waals surface area (Å²) in [5, 5.41) is 5.18. The predicted octanol–water partition coefficient (Wildman–Crippen LogP) is 2.80. The summed E-state index contributed by atoms with van der Waals surface area (Å²) in [4.78, 5) is 51.5. The number of likely N-dealkylation sites (tertiary alicyclic amines) is 1. The van der Waals surface area contributed by atoms with Crippen molar-refractivity contribution < 1.29 is 19.1 Å². The molecule has 3 heterocycles. The van der Waals surface area contributed by atoms with E-state index in [0.29, 0.717) is 18.9 Å². The highest BCUT2D eigenvalue weighted by atomic mass is 16.6. The van der Waals surface area contributed by atoms with Crippen molar-refractivity contribution in [2.45, 2.75) is 76.9 Å². The minimum Gasteiger partial charge on any atom is -0.444 e. The summed E-state index contributed by atoms with van der Waals surface area (Å²) in [6, 6.07) is 5.28. The van der Waals surface area contributed by atoms with Crippen LogP contribution in [0.25, 0.3) is 11.0 Å². The highest BCUT2D eigenvalue weighted by Gasteiger charge is 2.32. The van der Waals surface area contributed by atoms with E-state index in [4.69, 9.17) is 4.74 Å². The minimum absolute atomic E-state index is 0.227. The third-order valence-corrected chi connectivity index (χ3v) is 7.25. The van der Waals surface area contributed by atoms with E-state index in [-0.39, 0.29) is 24.1 Å². The average molecular weight is 514 g/mol. The molecule has 1 aromatic heterocycles. The van der Waals surface area contributed by atoms with Crippen molar-refractivity contribution in [3.8, 4) is 0 Å². The van der Waals surface area contributed by atoms with E-state index in [2.05, 4.69) is 21.6 Å². The number of nitrogens with zero attached hydrogens (tertiary/aromatic N) is 3. The number of alkyl carbamates (subject to hydrolysis) is 1. The zero-order chi connectivity index (χ0) is 26.7. The second-order valence-corrected chi connectivity index (χ2v) is 11.1. The number of benzene rings is 1. The number of para-hydroxylation sites is 1. The van der Waals surface area contributed by atoms with Crippen LogP contribution in [-0.2, 0) is 21.4 Å². The average Bonchev–Trinajstić information content (AvgIpc) is 3.08. The molecule has 0 bridgehead atoms. The monoisotopic (exact) mass is 513 g/mol. The molecule has 2 aliphatic heterocycles. The van der Waals surface area contributed by atoms with Crippen LogP contribution in [-0.4, -0.2) is 63.7 Å². The molecule has 2 N–H and O–H groups in total. The SMILES string of the molecule is Cn1c(=O)n(C2CCC(=O)NC2=O)c2cccc(C3CCN(CCCCNC(=O)OC(C)(C)C)CC3)c21. The fourth-order valence-electron chi connectivity index (χ4n) is 5.46. The number of aromatic nitrogens is 2. The summed E-state index contributed by atoms with van der Waals surface area (Å²) >= 11 is 0. The van der Waals surface area contributed by atoms with Gasteiger partial charge in [0.15, 0.2) is 0 Å². The normalized spacial score (nSPS) is 19.7. The number of nitrogens with one attached hydrogen (secondary N) is 2. The van der Waals surface area contributed by atoms with Gasteiger partial charge < -0.3 is 15.0 Å². The first-order chi connectivity index (χ1) is 17.5. The molecule has 202 valence electrons. The Balaban J connectivity index is 1.35. The summed E-state index contributed by atoms with van der Waals surface area (Å²) in [5.41, 5.74) is 2.06. The largest absolute Gasteiger partial charge is 0.444 e. The predicted molar refractivity (Wildman–Crippen MR) is 140 cm³/mol. The Hall–Kier alpha value is -3.14. The summed E-state index contributed by atoms with van der Waals surface area (Å²) in [5.74, 6) is -0.371. The van der Waals surface area contributed by atoms with Gasteiger partial charge in [0.2, 0.25) is 11.8 Å². The van der Waals surface area contributed by atoms with Crippen LogP contribution in [0.4, 0.5) is 4.79 Å². The maximum absolute atomic E-state index is 13.2. The van der Waals surface area contributed by atoms with Crippen LogP contribution >= 0.6 is 0 Å². The van der Waals surface area contributed by atoms with Gasteiger partial charge in [-0.25, -0.2) is 9.59 Å². The van der Waals surface area contributed by atoms with Crippen molar-refractivity contribution in [3.63, 3.8) is 0 Å². The third-order valence-electron chi connectivity index (χ3n) is 7.25. The van der Waals surface area contributed by atoms with Crippen molar-refractivity contribution in [1.82, 2.24) is 24.7 Å². The molecule has 37 heavy (non-hydrogen) atoms. The lowest BCUT2D eigenvalue weighted by atomic mass is 9.88. The molecule has 1 aromatic carbocycles. The molecule has 4 rings (SSSR count). The lowest BCUT2D eigenvalue weighted by molar-refractivity contribution is -0.135. The van der Waals surface area contributed by atoms with Crippen LogP contribution in [0.5, 0.6) is 0 Å². The Labute approximate surface area is 217 Å². The standard InChI is InChI=1S/C27H39N5O5/c1-27(2,3)37-25(35)28-14-5-6-15-31-16-12-18(13-17-31)19-8-7-9-20-23(19)30(4)26(36)32(20)21-10-11-22(33)29-24(21)34/h7-9,18,21H,5-6,10-17H2,1-4H3,(H,28,35)(H,29,33,34). The number of hydrogen-bond acceptors (Lipinski definition) is 6. The van der Waals surface area contributed by atoms with E-state index in [1.54, 1.807) is 16.2 Å². The molecule has 2 fully saturated rings. The van der Waals surface area contributed by atoms with E-state index in [1.807, 2.05) is 32.9 Å². The summed E-state index contributed by atoms with van der Waals surface area (Å²) in [6.45, 7) is 9.09. The first-order valence-electron chi connectivity index (χ1n) is 13.3. The lowest BCUT2D eigenvalue weighted by Crippen LogP contribution is -2.44. The summed E-state index contributed by atoms with van der Waals surface area (Å²) in [7, 11) is 1.76. The fraction of sp³-hybridized carbons (Fsp3) is 0.630. The summed E-state index contributed by atoms with van der Waals surface area (Å²) in [6.07, 6.45) is 4.07. The van der Waals surface area contributed by atoms with Crippen LogP contribution in [0, 0.1) is 0 Å². The molecule has 0 spiro atoms. The number of rotatable bonds is 7. The quantitative estimate of drug-likeness (QED) is 0.435. The number of carbonyl (C=O) groups is 3. The van der Waals surface area contributed by atoms with Gasteiger partial charge in [0.25, 0.3) is 0 Å². The van der Waals surface area contributed by atoms with Gasteiger partial charge in [-0.15, -0.1) is 0 Å². The number of carbonyl (C=O) groups excluding carboxylic acids is 3. The maximum Gasteiger partial charge on any atom is 0.407 e. The molecular formula is C27H39N5O5. The molecule has 0 aliphatic carbocycles. The van der Waals surface area contributed by atoms with Crippen molar-refractivity contribution in [1.29, 1.82) is 0 Å². The van der Waals surface area contributed by atoms with Gasteiger partial charge in [-0.1, -0.05) is 12.1 Å². The number of amides is 3. The van der Waals surface area contributed by atoms with Crippen molar-refractivity contribution >= 4 is 28.9 Å². The molecular weight excluding hydrogens is 474 g/mol. The molecule has 0 radical (unpaired) electrons. The molecule has 1 unspecified atom stereocenters. The number of aryl methyl sites for hydroxylation is 1. The second kappa shape index (κ2) is 11.1. The van der Waals surface area contributed by atoms with Gasteiger partial charge in [-0.3, -0.25) is 24.0 Å². The third kappa shape index (κ3) is 6.23. The molecule has 0 saturated carbocycles. The van der Waals surface area contributed by atoms with Gasteiger partial charge in [0.05, 0.1) is 11.0 Å². The number of fused-ring (bicyclic) bond motifs is 1. The van der Waals surface area contributed by atoms with Gasteiger partial charge in [0, 0.05) is 20.0 Å². The highest BCUT2D eigenvalue weighted by Crippen LogP contribution is 2.34. The van der Waals surface area contributed by atoms with Gasteiger partial charge >= 0.3 is 11.8 Å². The lowest BCUT2D eigenvalue weighted by Gasteiger charge is -2.32. The number of imidazole rings is 1. The van der Waals surface area contributed by atoms with Crippen molar-refractivity contribution in [2.75, 3.05) is 26.2 Å². The first-order valence-corrected chi connectivity index (χ1v) is 13.3. The van der Waals surface area contributed by atoms with Crippen molar-refractivity contribution in [2.24, 2.45) is 7.05 Å². The van der Waals surface area contributed by atoms with Gasteiger partial charge in [-0.2, -0.15) is 0 Å². The van der Waals surface area contributed by atoms with Crippen LogP contribution in [0.15, 0.2) is 23.0 Å². The number of piperidine rings is 2. The fourth-order valence-corrected chi connectivity index (χ4v) is 5.46. The number of ether oxygens (including phenoxy) is 1. The number of hydrogen-bond donors (Lipinski definition) is 2. The van der Waals surface area contributed by atoms with Gasteiger partial charge in [-0.05, 0) is 90.1 Å². The zero-order valence-electron chi connectivity index (χ0n) is 22.3. The van der Waals surface area contributed by atoms with Crippen LogP contribution < -0.4 is 16.3 Å². The van der Waals surface area contributed by atoms with E-state index in [0.717, 1.165) is 61.9 Å². The highest BCUT2D eigenvalue weighted by molar-refractivity contribution is 6.00. The van der Waals surface area contributed by atoms with E-state index < -0.39 is 17.6 Å². The Bertz CT molecular complexity index is 1220. The molecule has 2 aliphatic rings. The molecule has 3 amide bonds. The van der Waals surface area contributed by atoms with Crippen molar-refractivity contribution in [3.05, 3.63) is 34.2 Å². The zero-order valence-corrected chi connectivity index (χ0v) is 22.3. The maximum atomic E-state index is 13.2. The molecule has 10 heteroatoms. The first kappa shape index (κ1) is 26.9. The minimum atomic E-state index is -0.671. The number of unbranched alkanes of at least 4 members (excludes halogenated alkanes) is 1. The Morgan fingerprint density at radius 3 is 2.51 bits per heavy atom. The van der Waals surface area contributed by atoms with Crippen LogP contribution in [0.3, 0.4) is 0 Å². The van der Waals surface area contributed by atoms with E-state index >= 15 is 0 Å². The van der Waals surface area contributed by atoms with Crippen LogP contribution in [0.2, 0.25) is 0 Å². The molecule has 10 nitrogen and oxygen atoms in total.